The molecular formula is C23H22N2O2. The van der Waals surface area contributed by atoms with Crippen LogP contribution in [0.2, 0.25) is 0 Å². The number of hydrogen-bond donors (Lipinski definition) is 2. The number of rotatable bonds is 5. The Morgan fingerprint density at radius 2 is 1.85 bits per heavy atom. The minimum absolute atomic E-state index is 0.0385. The molecular weight excluding hydrogens is 336 g/mol. The summed E-state index contributed by atoms with van der Waals surface area (Å²) in [5.41, 5.74) is 3.78. The minimum Gasteiger partial charge on any atom is -0.511 e. The van der Waals surface area contributed by atoms with E-state index in [-0.39, 0.29) is 17.5 Å². The van der Waals surface area contributed by atoms with E-state index in [4.69, 9.17) is 0 Å². The molecule has 0 radical (unpaired) electrons. The van der Waals surface area contributed by atoms with Crippen LogP contribution in [0, 0.1) is 0 Å². The lowest BCUT2D eigenvalue weighted by molar-refractivity contribution is -0.116. The largest absolute Gasteiger partial charge is 0.511 e. The Morgan fingerprint density at radius 3 is 2.67 bits per heavy atom. The van der Waals surface area contributed by atoms with Crippen LogP contribution < -0.4 is 0 Å². The first-order chi connectivity index (χ1) is 13.2. The van der Waals surface area contributed by atoms with Crippen LogP contribution in [0.1, 0.15) is 29.9 Å². The summed E-state index contributed by atoms with van der Waals surface area (Å²) in [5.74, 6) is 0.154. The predicted molar refractivity (Wildman–Crippen MR) is 108 cm³/mol. The van der Waals surface area contributed by atoms with Crippen LogP contribution in [-0.4, -0.2) is 28.6 Å². The summed E-state index contributed by atoms with van der Waals surface area (Å²) in [4.78, 5) is 20.1. The average Bonchev–Trinajstić information content (AvgIpc) is 3.10. The van der Waals surface area contributed by atoms with Crippen molar-refractivity contribution in [3.8, 4) is 0 Å². The lowest BCUT2D eigenvalue weighted by Gasteiger charge is -2.22. The number of H-pyrrole nitrogens is 1. The molecule has 4 rings (SSSR count). The van der Waals surface area contributed by atoms with Crippen molar-refractivity contribution >= 4 is 22.9 Å². The van der Waals surface area contributed by atoms with E-state index in [2.05, 4.69) is 22.1 Å². The summed E-state index contributed by atoms with van der Waals surface area (Å²) in [6.45, 7) is 0.577. The second-order valence-electron chi connectivity index (χ2n) is 6.94. The van der Waals surface area contributed by atoms with E-state index in [1.165, 1.54) is 10.9 Å². The number of aromatic nitrogens is 1. The van der Waals surface area contributed by atoms with Gasteiger partial charge < -0.3 is 10.1 Å². The molecule has 0 bridgehead atoms. The Bertz CT molecular complexity index is 1020. The lowest BCUT2D eigenvalue weighted by Crippen LogP contribution is -2.19. The van der Waals surface area contributed by atoms with Crippen molar-refractivity contribution in [2.45, 2.75) is 25.2 Å². The average molecular weight is 358 g/mol. The van der Waals surface area contributed by atoms with Crippen molar-refractivity contribution in [1.82, 2.24) is 4.98 Å². The molecule has 1 heterocycles. The maximum atomic E-state index is 12.5. The second kappa shape index (κ2) is 7.62. The molecule has 1 aromatic heterocycles. The summed E-state index contributed by atoms with van der Waals surface area (Å²) in [5, 5.41) is 11.6. The molecule has 3 aromatic rings. The molecule has 4 heteroatoms. The van der Waals surface area contributed by atoms with Crippen molar-refractivity contribution in [2.75, 3.05) is 6.54 Å². The van der Waals surface area contributed by atoms with E-state index in [1.807, 2.05) is 48.7 Å². The van der Waals surface area contributed by atoms with Gasteiger partial charge in [0.1, 0.15) is 5.76 Å². The van der Waals surface area contributed by atoms with Gasteiger partial charge in [0, 0.05) is 42.7 Å². The second-order valence-corrected chi connectivity index (χ2v) is 6.94. The number of aliphatic imine (C=N–C) groups is 1. The Hall–Kier alpha value is -3.14. The molecule has 1 unspecified atom stereocenters. The number of ketones is 1. The van der Waals surface area contributed by atoms with E-state index in [1.54, 1.807) is 6.21 Å². The molecule has 0 saturated heterocycles. The third-order valence-electron chi connectivity index (χ3n) is 5.16. The van der Waals surface area contributed by atoms with Crippen LogP contribution >= 0.6 is 0 Å². The zero-order chi connectivity index (χ0) is 18.6. The fourth-order valence-corrected chi connectivity index (χ4v) is 3.70. The number of aliphatic hydroxyl groups excluding tert-OH is 1. The van der Waals surface area contributed by atoms with Gasteiger partial charge in [-0.3, -0.25) is 9.79 Å². The molecule has 0 saturated carbocycles. The number of carbonyl (C=O) groups is 1. The molecule has 0 aliphatic heterocycles. The molecule has 0 spiro atoms. The molecule has 2 N–H and O–H groups in total. The highest BCUT2D eigenvalue weighted by Crippen LogP contribution is 2.32. The zero-order valence-corrected chi connectivity index (χ0v) is 15.1. The van der Waals surface area contributed by atoms with Crippen LogP contribution in [0.4, 0.5) is 0 Å². The van der Waals surface area contributed by atoms with Crippen LogP contribution in [0.25, 0.3) is 10.9 Å². The van der Waals surface area contributed by atoms with Gasteiger partial charge in [0.15, 0.2) is 5.78 Å². The third-order valence-corrected chi connectivity index (χ3v) is 5.16. The number of hydrogen-bond acceptors (Lipinski definition) is 3. The van der Waals surface area contributed by atoms with E-state index < -0.39 is 0 Å². The minimum atomic E-state index is -0.0385. The van der Waals surface area contributed by atoms with Crippen molar-refractivity contribution in [3.63, 3.8) is 0 Å². The number of para-hydroxylation sites is 1. The normalized spacial score (nSPS) is 17.9. The predicted octanol–water partition coefficient (Wildman–Crippen LogP) is 4.74. The Labute approximate surface area is 158 Å². The van der Waals surface area contributed by atoms with Crippen LogP contribution in [-0.2, 0) is 11.2 Å². The van der Waals surface area contributed by atoms with Gasteiger partial charge >= 0.3 is 0 Å². The Balaban J connectivity index is 1.42. The molecule has 27 heavy (non-hydrogen) atoms. The van der Waals surface area contributed by atoms with Gasteiger partial charge in [-0.15, -0.1) is 0 Å². The van der Waals surface area contributed by atoms with Crippen molar-refractivity contribution in [3.05, 3.63) is 83.3 Å². The van der Waals surface area contributed by atoms with Gasteiger partial charge in [-0.2, -0.15) is 0 Å². The zero-order valence-electron chi connectivity index (χ0n) is 15.1. The van der Waals surface area contributed by atoms with Crippen molar-refractivity contribution < 1.29 is 9.90 Å². The highest BCUT2D eigenvalue weighted by atomic mass is 16.3. The van der Waals surface area contributed by atoms with Crippen molar-refractivity contribution in [2.24, 2.45) is 4.99 Å². The summed E-state index contributed by atoms with van der Waals surface area (Å²) in [6.07, 6.45) is 5.24. The molecule has 136 valence electrons. The number of aliphatic hydroxyl groups is 1. The molecule has 2 aromatic carbocycles. The van der Waals surface area contributed by atoms with Gasteiger partial charge in [-0.25, -0.2) is 0 Å². The molecule has 1 aliphatic rings. The first kappa shape index (κ1) is 17.3. The number of aromatic amines is 1. The number of benzene rings is 2. The van der Waals surface area contributed by atoms with Gasteiger partial charge in [0.25, 0.3) is 0 Å². The van der Waals surface area contributed by atoms with E-state index >= 15 is 0 Å². The number of nitrogens with one attached hydrogen (secondary N) is 1. The third kappa shape index (κ3) is 3.70. The molecule has 4 nitrogen and oxygen atoms in total. The highest BCUT2D eigenvalue weighted by molar-refractivity contribution is 6.14. The topological polar surface area (TPSA) is 65.4 Å². The number of nitrogens with zero attached hydrogens (tertiary/aromatic N) is 1. The fraction of sp³-hybridized carbons (Fsp3) is 0.217. The molecule has 1 atom stereocenters. The van der Waals surface area contributed by atoms with E-state index in [0.717, 1.165) is 17.5 Å². The standard InChI is InChI=1S/C23H22N2O2/c26-22-12-18(16-6-2-1-3-7-16)13-23(27)20(22)15-24-11-10-17-14-25-21-9-5-4-8-19(17)21/h1-9,14-15,18,25-26H,10-13H2. The van der Waals surface area contributed by atoms with E-state index in [9.17, 15) is 9.90 Å². The highest BCUT2D eigenvalue weighted by Gasteiger charge is 2.27. The van der Waals surface area contributed by atoms with Crippen LogP contribution in [0.5, 0.6) is 0 Å². The van der Waals surface area contributed by atoms with Crippen LogP contribution in [0.15, 0.2) is 77.1 Å². The molecule has 0 amide bonds. The van der Waals surface area contributed by atoms with Gasteiger partial charge in [0.05, 0.1) is 5.57 Å². The first-order valence-corrected chi connectivity index (χ1v) is 9.27. The monoisotopic (exact) mass is 358 g/mol. The van der Waals surface area contributed by atoms with Crippen molar-refractivity contribution in [1.29, 1.82) is 0 Å². The first-order valence-electron chi connectivity index (χ1n) is 9.27. The van der Waals surface area contributed by atoms with Crippen LogP contribution in [0.3, 0.4) is 0 Å². The smallest absolute Gasteiger partial charge is 0.168 e. The number of carbonyl (C=O) groups excluding carboxylic acids is 1. The van der Waals surface area contributed by atoms with Gasteiger partial charge in [-0.05, 0) is 29.5 Å². The fourth-order valence-electron chi connectivity index (χ4n) is 3.70. The maximum Gasteiger partial charge on any atom is 0.168 e. The molecule has 0 fully saturated rings. The summed E-state index contributed by atoms with van der Waals surface area (Å²) in [6, 6.07) is 18.1. The summed E-state index contributed by atoms with van der Waals surface area (Å²) < 4.78 is 0. The molecule has 1 aliphatic carbocycles. The van der Waals surface area contributed by atoms with Gasteiger partial charge in [0.2, 0.25) is 0 Å². The SMILES string of the molecule is O=C1CC(c2ccccc2)CC(O)=C1C=NCCc1c[nH]c2ccccc12. The number of fused-ring (bicyclic) bond motifs is 1. The Morgan fingerprint density at radius 1 is 1.07 bits per heavy atom. The summed E-state index contributed by atoms with van der Waals surface area (Å²) in [7, 11) is 0. The Kier molecular flexibility index (Phi) is 4.88. The van der Waals surface area contributed by atoms with E-state index in [0.29, 0.717) is 25.0 Å². The lowest BCUT2D eigenvalue weighted by atomic mass is 9.83. The van der Waals surface area contributed by atoms with Gasteiger partial charge in [-0.1, -0.05) is 48.5 Å². The number of Topliss-reactive ketones (excluding diaryl/α,β-unsaturated/α-hetero) is 1. The maximum absolute atomic E-state index is 12.5. The number of allylic oxidation sites excluding steroid dienone is 2. The summed E-state index contributed by atoms with van der Waals surface area (Å²) >= 11 is 0. The quantitative estimate of drug-likeness (QED) is 0.647.